The summed E-state index contributed by atoms with van der Waals surface area (Å²) in [5, 5.41) is 5.35. The van der Waals surface area contributed by atoms with Crippen LogP contribution in [-0.4, -0.2) is 26.0 Å². The maximum absolute atomic E-state index is 12.8. The SMILES string of the molecule is CC(C)(C)[S@+]([O-])NC[C@@](C)(c1ccccn1)c1ccccc1-c1noc2ccccc12. The summed E-state index contributed by atoms with van der Waals surface area (Å²) < 4.78 is 21.3. The molecule has 0 amide bonds. The van der Waals surface area contributed by atoms with Gasteiger partial charge in [0.15, 0.2) is 5.58 Å². The van der Waals surface area contributed by atoms with E-state index in [0.717, 1.165) is 33.5 Å². The lowest BCUT2D eigenvalue weighted by Gasteiger charge is -2.33. The van der Waals surface area contributed by atoms with Crippen LogP contribution < -0.4 is 4.72 Å². The molecule has 31 heavy (non-hydrogen) atoms. The van der Waals surface area contributed by atoms with Gasteiger partial charge in [-0.15, -0.1) is 4.72 Å². The highest BCUT2D eigenvalue weighted by atomic mass is 32.2. The van der Waals surface area contributed by atoms with Crippen LogP contribution in [0.15, 0.2) is 77.4 Å². The first-order valence-electron chi connectivity index (χ1n) is 10.3. The highest BCUT2D eigenvalue weighted by Crippen LogP contribution is 2.39. The van der Waals surface area contributed by atoms with E-state index in [2.05, 4.69) is 33.9 Å². The van der Waals surface area contributed by atoms with Gasteiger partial charge in [-0.25, -0.2) is 0 Å². The Hall–Kier alpha value is -2.67. The first-order chi connectivity index (χ1) is 14.8. The number of fused-ring (bicyclic) bond motifs is 1. The fourth-order valence-corrected chi connectivity index (χ4v) is 4.54. The van der Waals surface area contributed by atoms with Crippen molar-refractivity contribution in [3.8, 4) is 11.3 Å². The third kappa shape index (κ3) is 4.24. The van der Waals surface area contributed by atoms with Crippen molar-refractivity contribution in [2.45, 2.75) is 37.9 Å². The van der Waals surface area contributed by atoms with Crippen molar-refractivity contribution in [3.63, 3.8) is 0 Å². The molecule has 2 aromatic carbocycles. The van der Waals surface area contributed by atoms with E-state index in [1.807, 2.05) is 75.4 Å². The maximum Gasteiger partial charge on any atom is 0.167 e. The van der Waals surface area contributed by atoms with E-state index < -0.39 is 16.8 Å². The number of rotatable bonds is 6. The van der Waals surface area contributed by atoms with Gasteiger partial charge in [0, 0.05) is 28.5 Å². The minimum absolute atomic E-state index is 0.368. The van der Waals surface area contributed by atoms with Crippen LogP contribution in [0.1, 0.15) is 39.0 Å². The van der Waals surface area contributed by atoms with Gasteiger partial charge < -0.3 is 9.08 Å². The van der Waals surface area contributed by atoms with Crippen molar-refractivity contribution in [3.05, 3.63) is 84.2 Å². The summed E-state index contributed by atoms with van der Waals surface area (Å²) in [6.07, 6.45) is 1.79. The summed E-state index contributed by atoms with van der Waals surface area (Å²) in [7, 11) is 0. The van der Waals surface area contributed by atoms with Crippen LogP contribution >= 0.6 is 0 Å². The van der Waals surface area contributed by atoms with Gasteiger partial charge in [-0.1, -0.05) is 47.6 Å². The highest BCUT2D eigenvalue weighted by molar-refractivity contribution is 7.90. The van der Waals surface area contributed by atoms with Crippen molar-refractivity contribution in [1.29, 1.82) is 0 Å². The molecule has 0 saturated carbocycles. The monoisotopic (exact) mass is 433 g/mol. The number of hydrogen-bond acceptors (Lipinski definition) is 5. The van der Waals surface area contributed by atoms with Crippen molar-refractivity contribution >= 4 is 22.3 Å². The van der Waals surface area contributed by atoms with E-state index in [-0.39, 0.29) is 4.75 Å². The Morgan fingerprint density at radius 2 is 1.65 bits per heavy atom. The zero-order chi connectivity index (χ0) is 22.1. The average molecular weight is 434 g/mol. The van der Waals surface area contributed by atoms with Gasteiger partial charge in [-0.3, -0.25) is 4.98 Å². The molecule has 0 fully saturated rings. The molecule has 0 aliphatic carbocycles. The largest absolute Gasteiger partial charge is 0.598 e. The van der Waals surface area contributed by atoms with Crippen molar-refractivity contribution in [2.24, 2.45) is 0 Å². The molecule has 0 aliphatic rings. The number of nitrogens with one attached hydrogen (secondary N) is 1. The fraction of sp³-hybridized carbons (Fsp3) is 0.280. The number of hydrogen-bond donors (Lipinski definition) is 1. The number of benzene rings is 2. The average Bonchev–Trinajstić information content (AvgIpc) is 3.21. The number of nitrogens with zero attached hydrogens (tertiary/aromatic N) is 2. The Bertz CT molecular complexity index is 1170. The molecule has 2 atom stereocenters. The summed E-state index contributed by atoms with van der Waals surface area (Å²) in [5.74, 6) is 0. The molecule has 0 bridgehead atoms. The van der Waals surface area contributed by atoms with Gasteiger partial charge in [-0.05, 0) is 57.5 Å². The summed E-state index contributed by atoms with van der Waals surface area (Å²) in [5.41, 5.74) is 3.92. The van der Waals surface area contributed by atoms with Crippen LogP contribution in [0.5, 0.6) is 0 Å². The molecule has 0 aliphatic heterocycles. The number of pyridine rings is 1. The zero-order valence-electron chi connectivity index (χ0n) is 18.3. The normalized spacial score (nSPS) is 15.0. The van der Waals surface area contributed by atoms with Crippen LogP contribution in [0, 0.1) is 0 Å². The Morgan fingerprint density at radius 1 is 0.935 bits per heavy atom. The van der Waals surface area contributed by atoms with Gasteiger partial charge >= 0.3 is 0 Å². The second-order valence-electron chi connectivity index (χ2n) is 8.82. The molecule has 4 rings (SSSR count). The van der Waals surface area contributed by atoms with Crippen molar-refractivity contribution in [1.82, 2.24) is 14.9 Å². The third-order valence-electron chi connectivity index (χ3n) is 5.50. The molecule has 2 aromatic heterocycles. The Balaban J connectivity index is 1.85. The maximum atomic E-state index is 12.8. The van der Waals surface area contributed by atoms with Gasteiger partial charge in [0.05, 0.1) is 17.7 Å². The molecular weight excluding hydrogens is 406 g/mol. The Labute approximate surface area is 186 Å². The summed E-state index contributed by atoms with van der Waals surface area (Å²) >= 11 is -1.21. The van der Waals surface area contributed by atoms with Crippen LogP contribution in [0.2, 0.25) is 0 Å². The van der Waals surface area contributed by atoms with E-state index >= 15 is 0 Å². The Morgan fingerprint density at radius 3 is 2.39 bits per heavy atom. The molecule has 4 aromatic rings. The quantitative estimate of drug-likeness (QED) is 0.421. The third-order valence-corrected chi connectivity index (χ3v) is 7.02. The molecular formula is C25H27N3O2S. The van der Waals surface area contributed by atoms with Crippen molar-refractivity contribution < 1.29 is 9.08 Å². The lowest BCUT2D eigenvalue weighted by Crippen LogP contribution is -2.46. The van der Waals surface area contributed by atoms with Crippen LogP contribution in [0.3, 0.4) is 0 Å². The molecule has 5 nitrogen and oxygen atoms in total. The predicted octanol–water partition coefficient (Wildman–Crippen LogP) is 5.25. The standard InChI is InChI=1S/C25H27N3O2S/c1-24(2,3)31(29)27-17-25(4,22-15-9-10-16-26-22)20-13-7-5-11-18(20)23-19-12-6-8-14-21(19)30-28-23/h5-16,27H,17H2,1-4H3/t25-,31+/m1/s1. The lowest BCUT2D eigenvalue weighted by atomic mass is 9.76. The molecule has 2 heterocycles. The summed E-state index contributed by atoms with van der Waals surface area (Å²) in [4.78, 5) is 4.67. The van der Waals surface area contributed by atoms with E-state index in [0.29, 0.717) is 6.54 Å². The van der Waals surface area contributed by atoms with Crippen LogP contribution in [-0.2, 0) is 16.8 Å². The molecule has 0 radical (unpaired) electrons. The van der Waals surface area contributed by atoms with Gasteiger partial charge in [0.1, 0.15) is 10.4 Å². The second kappa shape index (κ2) is 8.46. The molecule has 0 spiro atoms. The van der Waals surface area contributed by atoms with E-state index in [1.165, 1.54) is 0 Å². The van der Waals surface area contributed by atoms with Gasteiger partial charge in [0.25, 0.3) is 0 Å². The predicted molar refractivity (Wildman–Crippen MR) is 126 cm³/mol. The van der Waals surface area contributed by atoms with E-state index in [4.69, 9.17) is 4.52 Å². The smallest absolute Gasteiger partial charge is 0.167 e. The molecule has 6 heteroatoms. The number of aromatic nitrogens is 2. The second-order valence-corrected chi connectivity index (χ2v) is 10.9. The molecule has 160 valence electrons. The minimum Gasteiger partial charge on any atom is -0.598 e. The van der Waals surface area contributed by atoms with Crippen LogP contribution in [0.4, 0.5) is 0 Å². The van der Waals surface area contributed by atoms with Crippen molar-refractivity contribution in [2.75, 3.05) is 6.54 Å². The zero-order valence-corrected chi connectivity index (χ0v) is 19.1. The fourth-order valence-electron chi connectivity index (χ4n) is 3.69. The molecule has 1 N–H and O–H groups in total. The molecule has 0 saturated heterocycles. The first-order valence-corrected chi connectivity index (χ1v) is 11.5. The van der Waals surface area contributed by atoms with Gasteiger partial charge in [0.2, 0.25) is 0 Å². The summed E-state index contributed by atoms with van der Waals surface area (Å²) in [6.45, 7) is 8.47. The number of para-hydroxylation sites is 1. The minimum atomic E-state index is -1.21. The van der Waals surface area contributed by atoms with Gasteiger partial charge in [-0.2, -0.15) is 0 Å². The lowest BCUT2D eigenvalue weighted by molar-refractivity contribution is 0.458. The molecule has 0 unspecified atom stereocenters. The first kappa shape index (κ1) is 21.6. The summed E-state index contributed by atoms with van der Waals surface area (Å²) in [6, 6.07) is 21.9. The highest BCUT2D eigenvalue weighted by Gasteiger charge is 2.37. The van der Waals surface area contributed by atoms with Crippen LogP contribution in [0.25, 0.3) is 22.2 Å². The van der Waals surface area contributed by atoms with E-state index in [9.17, 15) is 4.55 Å². The topological polar surface area (TPSA) is 74.0 Å². The van der Waals surface area contributed by atoms with E-state index in [1.54, 1.807) is 6.20 Å². The Kier molecular flexibility index (Phi) is 5.88.